The van der Waals surface area contributed by atoms with Gasteiger partial charge in [0.25, 0.3) is 0 Å². The zero-order valence-corrected chi connectivity index (χ0v) is 18.0. The van der Waals surface area contributed by atoms with E-state index in [1.54, 1.807) is 6.20 Å². The molecule has 3 aromatic rings. The number of rotatable bonds is 5. The second-order valence-electron chi connectivity index (χ2n) is 7.47. The number of thiocarbonyl (C=S) groups is 1. The van der Waals surface area contributed by atoms with Crippen LogP contribution in [0.3, 0.4) is 0 Å². The minimum absolute atomic E-state index is 0.185. The van der Waals surface area contributed by atoms with Crippen molar-refractivity contribution in [3.8, 4) is 5.69 Å². The Balaban J connectivity index is 1.36. The van der Waals surface area contributed by atoms with E-state index in [1.807, 2.05) is 47.7 Å². The van der Waals surface area contributed by atoms with Gasteiger partial charge in [0.05, 0.1) is 0 Å². The lowest BCUT2D eigenvalue weighted by Crippen LogP contribution is -2.28. The maximum atomic E-state index is 12.1. The zero-order valence-electron chi connectivity index (χ0n) is 17.2. The maximum absolute atomic E-state index is 12.1. The number of amides is 1. The molecule has 1 saturated heterocycles. The van der Waals surface area contributed by atoms with Crippen molar-refractivity contribution in [2.75, 3.05) is 16.8 Å². The highest BCUT2D eigenvalue weighted by Crippen LogP contribution is 2.28. The quantitative estimate of drug-likeness (QED) is 0.610. The molecule has 0 aliphatic carbocycles. The van der Waals surface area contributed by atoms with Crippen molar-refractivity contribution in [3.05, 3.63) is 71.8 Å². The van der Waals surface area contributed by atoms with Gasteiger partial charge in [-0.15, -0.1) is 0 Å². The number of benzene rings is 2. The minimum atomic E-state index is 0.185. The summed E-state index contributed by atoms with van der Waals surface area (Å²) < 4.78 is 2.05. The number of nitrogens with one attached hydrogen (secondary N) is 2. The van der Waals surface area contributed by atoms with Gasteiger partial charge in [-0.3, -0.25) is 4.79 Å². The third-order valence-corrected chi connectivity index (χ3v) is 5.57. The first-order valence-corrected chi connectivity index (χ1v) is 10.5. The van der Waals surface area contributed by atoms with E-state index in [0.717, 1.165) is 47.0 Å². The number of hydrogen-bond donors (Lipinski definition) is 2. The molecule has 0 saturated carbocycles. The van der Waals surface area contributed by atoms with Crippen LogP contribution in [0.1, 0.15) is 29.8 Å². The van der Waals surface area contributed by atoms with Gasteiger partial charge in [-0.25, -0.2) is 4.98 Å². The minimum Gasteiger partial charge on any atom is -0.358 e. The van der Waals surface area contributed by atoms with Crippen LogP contribution in [-0.4, -0.2) is 27.1 Å². The summed E-state index contributed by atoms with van der Waals surface area (Å²) in [5, 5.41) is 7.02. The molecule has 30 heavy (non-hydrogen) atoms. The number of nitrogens with zero attached hydrogens (tertiary/aromatic N) is 3. The van der Waals surface area contributed by atoms with Gasteiger partial charge < -0.3 is 20.1 Å². The number of anilines is 2. The molecule has 0 bridgehead atoms. The van der Waals surface area contributed by atoms with Crippen LogP contribution in [0.25, 0.3) is 5.69 Å². The van der Waals surface area contributed by atoms with Crippen LogP contribution >= 0.6 is 12.2 Å². The molecule has 0 unspecified atom stereocenters. The molecule has 1 aromatic heterocycles. The molecule has 1 fully saturated rings. The lowest BCUT2D eigenvalue weighted by molar-refractivity contribution is -0.117. The van der Waals surface area contributed by atoms with Crippen molar-refractivity contribution in [1.29, 1.82) is 0 Å². The lowest BCUT2D eigenvalue weighted by atomic mass is 10.1. The highest BCUT2D eigenvalue weighted by atomic mass is 32.1. The highest BCUT2D eigenvalue weighted by molar-refractivity contribution is 7.80. The van der Waals surface area contributed by atoms with Crippen LogP contribution < -0.4 is 15.5 Å². The Morgan fingerprint density at radius 2 is 1.97 bits per heavy atom. The molecule has 0 spiro atoms. The topological polar surface area (TPSA) is 62.2 Å². The van der Waals surface area contributed by atoms with E-state index in [9.17, 15) is 4.79 Å². The third kappa shape index (κ3) is 4.36. The van der Waals surface area contributed by atoms with E-state index in [4.69, 9.17) is 12.2 Å². The maximum Gasteiger partial charge on any atom is 0.227 e. The average molecular weight is 420 g/mol. The molecule has 0 atom stereocenters. The van der Waals surface area contributed by atoms with Gasteiger partial charge in [0.2, 0.25) is 5.91 Å². The van der Waals surface area contributed by atoms with E-state index in [-0.39, 0.29) is 5.91 Å². The van der Waals surface area contributed by atoms with Crippen molar-refractivity contribution in [2.45, 2.75) is 33.2 Å². The normalized spacial score (nSPS) is 13.5. The fourth-order valence-electron chi connectivity index (χ4n) is 3.66. The van der Waals surface area contributed by atoms with E-state index in [2.05, 4.69) is 39.9 Å². The largest absolute Gasteiger partial charge is 0.358 e. The molecule has 7 heteroatoms. The summed E-state index contributed by atoms with van der Waals surface area (Å²) in [6, 6.07) is 14.3. The van der Waals surface area contributed by atoms with Gasteiger partial charge in [-0.1, -0.05) is 18.2 Å². The zero-order chi connectivity index (χ0) is 21.1. The Morgan fingerprint density at radius 3 is 2.63 bits per heavy atom. The van der Waals surface area contributed by atoms with Crippen molar-refractivity contribution < 1.29 is 4.79 Å². The Labute approximate surface area is 181 Å². The summed E-state index contributed by atoms with van der Waals surface area (Å²) in [5.41, 5.74) is 5.13. The first-order valence-electron chi connectivity index (χ1n) is 10.1. The predicted molar refractivity (Wildman–Crippen MR) is 124 cm³/mol. The molecule has 1 aliphatic rings. The monoisotopic (exact) mass is 419 g/mol. The van der Waals surface area contributed by atoms with Crippen LogP contribution in [0, 0.1) is 13.8 Å². The molecule has 6 nitrogen and oxygen atoms in total. The SMILES string of the molecule is Cc1ccc(NC(=S)NCc2ccc(-n3ccnc3C)cc2)cc1N1CCCC1=O. The van der Waals surface area contributed by atoms with Gasteiger partial charge >= 0.3 is 0 Å². The second kappa shape index (κ2) is 8.67. The molecule has 1 amide bonds. The number of hydrogen-bond acceptors (Lipinski definition) is 3. The van der Waals surface area contributed by atoms with E-state index >= 15 is 0 Å². The number of imidazole rings is 1. The van der Waals surface area contributed by atoms with Crippen LogP contribution in [-0.2, 0) is 11.3 Å². The van der Waals surface area contributed by atoms with Crippen molar-refractivity contribution in [1.82, 2.24) is 14.9 Å². The molecular formula is C23H25N5OS. The smallest absolute Gasteiger partial charge is 0.227 e. The number of carbonyl (C=O) groups excluding carboxylic acids is 1. The second-order valence-corrected chi connectivity index (χ2v) is 7.88. The lowest BCUT2D eigenvalue weighted by Gasteiger charge is -2.20. The summed E-state index contributed by atoms with van der Waals surface area (Å²) >= 11 is 5.46. The van der Waals surface area contributed by atoms with Crippen LogP contribution in [0.4, 0.5) is 11.4 Å². The number of aromatic nitrogens is 2. The van der Waals surface area contributed by atoms with Crippen molar-refractivity contribution >= 4 is 34.6 Å². The van der Waals surface area contributed by atoms with Gasteiger partial charge in [-0.05, 0) is 67.9 Å². The van der Waals surface area contributed by atoms with Crippen LogP contribution in [0.2, 0.25) is 0 Å². The molecule has 4 rings (SSSR count). The Morgan fingerprint density at radius 1 is 1.17 bits per heavy atom. The van der Waals surface area contributed by atoms with Gasteiger partial charge in [0, 0.05) is 49.0 Å². The van der Waals surface area contributed by atoms with Gasteiger partial charge in [-0.2, -0.15) is 0 Å². The van der Waals surface area contributed by atoms with E-state index < -0.39 is 0 Å². The first kappa shape index (κ1) is 20.1. The Bertz CT molecular complexity index is 1070. The van der Waals surface area contributed by atoms with Crippen molar-refractivity contribution in [3.63, 3.8) is 0 Å². The fraction of sp³-hybridized carbons (Fsp3) is 0.261. The van der Waals surface area contributed by atoms with Gasteiger partial charge in [0.15, 0.2) is 5.11 Å². The van der Waals surface area contributed by atoms with Gasteiger partial charge in [0.1, 0.15) is 5.82 Å². The van der Waals surface area contributed by atoms with Crippen LogP contribution in [0.15, 0.2) is 54.9 Å². The number of aryl methyl sites for hydroxylation is 2. The summed E-state index contributed by atoms with van der Waals surface area (Å²) in [6.07, 6.45) is 5.28. The number of carbonyl (C=O) groups is 1. The summed E-state index contributed by atoms with van der Waals surface area (Å²) in [5.74, 6) is 1.14. The predicted octanol–water partition coefficient (Wildman–Crippen LogP) is 4.10. The molecule has 0 radical (unpaired) electrons. The fourth-order valence-corrected chi connectivity index (χ4v) is 3.85. The molecule has 1 aliphatic heterocycles. The van der Waals surface area contributed by atoms with E-state index in [0.29, 0.717) is 18.1 Å². The molecular weight excluding hydrogens is 394 g/mol. The van der Waals surface area contributed by atoms with Crippen molar-refractivity contribution in [2.24, 2.45) is 0 Å². The van der Waals surface area contributed by atoms with E-state index in [1.165, 1.54) is 0 Å². The molecule has 154 valence electrons. The van der Waals surface area contributed by atoms with Crippen LogP contribution in [0.5, 0.6) is 0 Å². The molecule has 2 N–H and O–H groups in total. The summed E-state index contributed by atoms with van der Waals surface area (Å²) in [4.78, 5) is 18.2. The first-order chi connectivity index (χ1) is 14.5. The third-order valence-electron chi connectivity index (χ3n) is 5.32. The Hall–Kier alpha value is -3.19. The molecule has 2 heterocycles. The standard InChI is InChI=1S/C23H25N5OS/c1-16-5-8-19(14-21(16)28-12-3-4-22(28)29)26-23(30)25-15-18-6-9-20(10-7-18)27-13-11-24-17(27)2/h5-11,13-14H,3-4,12,15H2,1-2H3,(H2,25,26,30). The molecule has 2 aromatic carbocycles. The highest BCUT2D eigenvalue weighted by Gasteiger charge is 2.23. The average Bonchev–Trinajstić information content (AvgIpc) is 3.36. The summed E-state index contributed by atoms with van der Waals surface area (Å²) in [7, 11) is 0. The Kier molecular flexibility index (Phi) is 5.81. The summed E-state index contributed by atoms with van der Waals surface area (Å²) in [6.45, 7) is 5.41.